The van der Waals surface area contributed by atoms with Gasteiger partial charge in [-0.1, -0.05) is 20.8 Å². The van der Waals surface area contributed by atoms with E-state index in [0.717, 1.165) is 37.7 Å². The van der Waals surface area contributed by atoms with Crippen molar-refractivity contribution in [2.24, 2.45) is 0 Å². The largest absolute Gasteiger partial charge is 0.354 e. The Balaban J connectivity index is 2.10. The van der Waals surface area contributed by atoms with Crippen molar-refractivity contribution < 1.29 is 0 Å². The van der Waals surface area contributed by atoms with Crippen LogP contribution in [0.5, 0.6) is 0 Å². The minimum absolute atomic E-state index is 0.443. The lowest BCUT2D eigenvalue weighted by atomic mass is 10.1. The number of aromatic nitrogens is 1. The van der Waals surface area contributed by atoms with E-state index in [0.29, 0.717) is 11.8 Å². The molecule has 1 aromatic rings. The first-order valence-corrected chi connectivity index (χ1v) is 8.21. The molecule has 1 fully saturated rings. The van der Waals surface area contributed by atoms with E-state index in [1.165, 1.54) is 18.5 Å². The molecule has 3 nitrogen and oxygen atoms in total. The highest BCUT2D eigenvalue weighted by molar-refractivity contribution is 6.17. The number of alkyl halides is 1. The number of halogens is 1. The summed E-state index contributed by atoms with van der Waals surface area (Å²) < 4.78 is 0. The fourth-order valence-corrected chi connectivity index (χ4v) is 2.80. The molecule has 112 valence electrons. The van der Waals surface area contributed by atoms with Gasteiger partial charge in [-0.3, -0.25) is 4.90 Å². The van der Waals surface area contributed by atoms with Crippen molar-refractivity contribution in [2.45, 2.75) is 39.0 Å². The highest BCUT2D eigenvalue weighted by Crippen LogP contribution is 2.22. The lowest BCUT2D eigenvalue weighted by Crippen LogP contribution is -2.46. The summed E-state index contributed by atoms with van der Waals surface area (Å²) in [6, 6.07) is 4.28. The molecule has 1 aromatic heterocycles. The summed E-state index contributed by atoms with van der Waals surface area (Å²) in [6.07, 6.45) is 1.23. The number of pyridine rings is 1. The van der Waals surface area contributed by atoms with Crippen LogP contribution in [-0.4, -0.2) is 42.6 Å². The zero-order valence-electron chi connectivity index (χ0n) is 12.9. The van der Waals surface area contributed by atoms with Gasteiger partial charge in [-0.2, -0.15) is 0 Å². The Hall–Kier alpha value is -0.800. The Kier molecular flexibility index (Phi) is 5.67. The monoisotopic (exact) mass is 295 g/mol. The van der Waals surface area contributed by atoms with Crippen LogP contribution in [0.4, 0.5) is 5.82 Å². The zero-order chi connectivity index (χ0) is 14.5. The van der Waals surface area contributed by atoms with E-state index in [9.17, 15) is 0 Å². The normalized spacial score (nSPS) is 16.9. The van der Waals surface area contributed by atoms with Crippen LogP contribution in [0.25, 0.3) is 0 Å². The maximum absolute atomic E-state index is 6.02. The third-order valence-corrected chi connectivity index (χ3v) is 4.18. The summed E-state index contributed by atoms with van der Waals surface area (Å²) in [5.74, 6) is 2.10. The van der Waals surface area contributed by atoms with Crippen molar-refractivity contribution in [3.63, 3.8) is 0 Å². The van der Waals surface area contributed by atoms with Gasteiger partial charge in [0.15, 0.2) is 0 Å². The second-order valence-corrected chi connectivity index (χ2v) is 6.14. The predicted molar refractivity (Wildman–Crippen MR) is 86.8 cm³/mol. The SMILES string of the molecule is CCCN1CCN(c2cc(CCl)cc(C(C)C)n2)CC1. The van der Waals surface area contributed by atoms with Gasteiger partial charge in [-0.25, -0.2) is 4.98 Å². The molecule has 0 N–H and O–H groups in total. The second-order valence-electron chi connectivity index (χ2n) is 5.88. The minimum Gasteiger partial charge on any atom is -0.354 e. The van der Waals surface area contributed by atoms with Crippen LogP contribution in [0.1, 0.15) is 44.4 Å². The Bertz CT molecular complexity index is 426. The molecule has 0 radical (unpaired) electrons. The van der Waals surface area contributed by atoms with Gasteiger partial charge in [-0.15, -0.1) is 11.6 Å². The summed E-state index contributed by atoms with van der Waals surface area (Å²) >= 11 is 6.02. The van der Waals surface area contributed by atoms with Crippen molar-refractivity contribution in [1.82, 2.24) is 9.88 Å². The molecule has 1 aliphatic rings. The van der Waals surface area contributed by atoms with Crippen LogP contribution < -0.4 is 4.90 Å². The highest BCUT2D eigenvalue weighted by atomic mass is 35.5. The van der Waals surface area contributed by atoms with E-state index in [1.807, 2.05) is 0 Å². The second kappa shape index (κ2) is 7.28. The Morgan fingerprint density at radius 1 is 1.20 bits per heavy atom. The first kappa shape index (κ1) is 15.6. The molecule has 1 saturated heterocycles. The number of anilines is 1. The van der Waals surface area contributed by atoms with Gasteiger partial charge in [0.05, 0.1) is 0 Å². The van der Waals surface area contributed by atoms with Crippen molar-refractivity contribution in [1.29, 1.82) is 0 Å². The number of piperazine rings is 1. The molecule has 0 saturated carbocycles. The molecular formula is C16H26ClN3. The first-order valence-electron chi connectivity index (χ1n) is 7.68. The number of hydrogen-bond donors (Lipinski definition) is 0. The van der Waals surface area contributed by atoms with Gasteiger partial charge in [0, 0.05) is 37.8 Å². The fourth-order valence-electron chi connectivity index (χ4n) is 2.65. The third kappa shape index (κ3) is 3.86. The van der Waals surface area contributed by atoms with Crippen molar-refractivity contribution >= 4 is 17.4 Å². The molecule has 4 heteroatoms. The van der Waals surface area contributed by atoms with Gasteiger partial charge < -0.3 is 4.90 Å². The average Bonchev–Trinajstić information content (AvgIpc) is 2.47. The fraction of sp³-hybridized carbons (Fsp3) is 0.688. The van der Waals surface area contributed by atoms with Crippen LogP contribution in [0.2, 0.25) is 0 Å². The molecule has 0 bridgehead atoms. The van der Waals surface area contributed by atoms with E-state index in [4.69, 9.17) is 16.6 Å². The van der Waals surface area contributed by atoms with Crippen LogP contribution in [-0.2, 0) is 5.88 Å². The first-order chi connectivity index (χ1) is 9.63. The van der Waals surface area contributed by atoms with Crippen LogP contribution in [0, 0.1) is 0 Å². The van der Waals surface area contributed by atoms with Crippen molar-refractivity contribution in [2.75, 3.05) is 37.6 Å². The van der Waals surface area contributed by atoms with Crippen LogP contribution >= 0.6 is 11.6 Å². The molecule has 2 heterocycles. The smallest absolute Gasteiger partial charge is 0.129 e. The van der Waals surface area contributed by atoms with E-state index >= 15 is 0 Å². The molecule has 0 spiro atoms. The number of hydrogen-bond acceptors (Lipinski definition) is 3. The van der Waals surface area contributed by atoms with Gasteiger partial charge in [0.25, 0.3) is 0 Å². The lowest BCUT2D eigenvalue weighted by molar-refractivity contribution is 0.258. The summed E-state index contributed by atoms with van der Waals surface area (Å²) in [5.41, 5.74) is 2.32. The highest BCUT2D eigenvalue weighted by Gasteiger charge is 2.18. The molecule has 0 unspecified atom stereocenters. The quantitative estimate of drug-likeness (QED) is 0.775. The molecule has 0 atom stereocenters. The number of rotatable bonds is 5. The third-order valence-electron chi connectivity index (χ3n) is 3.87. The molecule has 2 rings (SSSR count). The van der Waals surface area contributed by atoms with Gasteiger partial charge >= 0.3 is 0 Å². The molecule has 0 amide bonds. The predicted octanol–water partition coefficient (Wildman–Crippen LogP) is 3.48. The molecular weight excluding hydrogens is 270 g/mol. The molecule has 0 aliphatic carbocycles. The van der Waals surface area contributed by atoms with Crippen LogP contribution in [0.3, 0.4) is 0 Å². The Morgan fingerprint density at radius 3 is 2.45 bits per heavy atom. The lowest BCUT2D eigenvalue weighted by Gasteiger charge is -2.35. The Labute approximate surface area is 127 Å². The molecule has 0 aromatic carbocycles. The summed E-state index contributed by atoms with van der Waals surface area (Å²) in [4.78, 5) is 9.75. The van der Waals surface area contributed by atoms with Crippen molar-refractivity contribution in [3.8, 4) is 0 Å². The average molecular weight is 296 g/mol. The Morgan fingerprint density at radius 2 is 1.90 bits per heavy atom. The maximum atomic E-state index is 6.02. The topological polar surface area (TPSA) is 19.4 Å². The van der Waals surface area contributed by atoms with Gasteiger partial charge in [0.1, 0.15) is 5.82 Å². The van der Waals surface area contributed by atoms with E-state index in [1.54, 1.807) is 0 Å². The minimum atomic E-state index is 0.443. The van der Waals surface area contributed by atoms with Gasteiger partial charge in [0.2, 0.25) is 0 Å². The maximum Gasteiger partial charge on any atom is 0.129 e. The molecule has 1 aliphatic heterocycles. The van der Waals surface area contributed by atoms with Crippen LogP contribution in [0.15, 0.2) is 12.1 Å². The van der Waals surface area contributed by atoms with E-state index in [-0.39, 0.29) is 0 Å². The zero-order valence-corrected chi connectivity index (χ0v) is 13.7. The standard InChI is InChI=1S/C16H26ClN3/c1-4-5-19-6-8-20(9-7-19)16-11-14(12-17)10-15(18-16)13(2)3/h10-11,13H,4-9,12H2,1-3H3. The van der Waals surface area contributed by atoms with E-state index in [2.05, 4.69) is 42.7 Å². The molecule has 20 heavy (non-hydrogen) atoms. The summed E-state index contributed by atoms with van der Waals surface area (Å²) in [6.45, 7) is 12.2. The van der Waals surface area contributed by atoms with Gasteiger partial charge in [-0.05, 0) is 36.6 Å². The van der Waals surface area contributed by atoms with Crippen molar-refractivity contribution in [3.05, 3.63) is 23.4 Å². The van der Waals surface area contributed by atoms with E-state index < -0.39 is 0 Å². The number of nitrogens with zero attached hydrogens (tertiary/aromatic N) is 3. The summed E-state index contributed by atoms with van der Waals surface area (Å²) in [5, 5.41) is 0. The summed E-state index contributed by atoms with van der Waals surface area (Å²) in [7, 11) is 0.